The van der Waals surface area contributed by atoms with Crippen LogP contribution in [-0.4, -0.2) is 20.0 Å². The molecule has 0 aliphatic heterocycles. The lowest BCUT2D eigenvalue weighted by atomic mass is 10.1. The van der Waals surface area contributed by atoms with Crippen molar-refractivity contribution >= 4 is 22.6 Å². The van der Waals surface area contributed by atoms with Crippen LogP contribution < -0.4 is 0 Å². The van der Waals surface area contributed by atoms with Gasteiger partial charge in [-0.3, -0.25) is 0 Å². The molecule has 7 heteroatoms. The molecular formula is C18H14ClFN4O. The zero-order chi connectivity index (χ0) is 17.6. The van der Waals surface area contributed by atoms with E-state index in [2.05, 4.69) is 15.3 Å². The van der Waals surface area contributed by atoms with Crippen molar-refractivity contribution < 1.29 is 8.81 Å². The number of hydrogen-bond acceptors (Lipinski definition) is 4. The predicted molar refractivity (Wildman–Crippen MR) is 93.8 cm³/mol. The second-order valence-electron chi connectivity index (χ2n) is 5.99. The molecule has 0 atom stereocenters. The maximum absolute atomic E-state index is 13.4. The van der Waals surface area contributed by atoms with Crippen molar-refractivity contribution in [2.24, 2.45) is 0 Å². The summed E-state index contributed by atoms with van der Waals surface area (Å²) in [6, 6.07) is 10.4. The van der Waals surface area contributed by atoms with E-state index in [1.165, 1.54) is 18.5 Å². The number of oxazole rings is 1. The molecule has 25 heavy (non-hydrogen) atoms. The summed E-state index contributed by atoms with van der Waals surface area (Å²) in [5, 5.41) is 8.40. The normalized spacial score (nSPS) is 11.6. The number of hydrogen-bond donors (Lipinski definition) is 0. The lowest BCUT2D eigenvalue weighted by Gasteiger charge is -2.07. The second kappa shape index (κ2) is 5.97. The van der Waals surface area contributed by atoms with Crippen LogP contribution in [0.2, 0.25) is 5.02 Å². The molecular weight excluding hydrogens is 343 g/mol. The van der Waals surface area contributed by atoms with Crippen molar-refractivity contribution in [2.75, 3.05) is 0 Å². The van der Waals surface area contributed by atoms with Gasteiger partial charge in [-0.25, -0.2) is 14.1 Å². The lowest BCUT2D eigenvalue weighted by Crippen LogP contribution is -2.02. The molecule has 4 rings (SSSR count). The van der Waals surface area contributed by atoms with Crippen LogP contribution in [0.3, 0.4) is 0 Å². The molecule has 0 radical (unpaired) electrons. The van der Waals surface area contributed by atoms with E-state index >= 15 is 0 Å². The Labute approximate surface area is 148 Å². The highest BCUT2D eigenvalue weighted by molar-refractivity contribution is 6.31. The molecule has 2 aromatic carbocycles. The number of rotatable bonds is 3. The van der Waals surface area contributed by atoms with Gasteiger partial charge in [0, 0.05) is 17.2 Å². The number of aromatic nitrogens is 4. The first-order chi connectivity index (χ1) is 12.0. The van der Waals surface area contributed by atoms with Gasteiger partial charge < -0.3 is 4.42 Å². The Morgan fingerprint density at radius 1 is 1.12 bits per heavy atom. The Hall–Kier alpha value is -2.73. The highest BCUT2D eigenvalue weighted by atomic mass is 35.5. The molecule has 5 nitrogen and oxygen atoms in total. The Morgan fingerprint density at radius 2 is 1.92 bits per heavy atom. The van der Waals surface area contributed by atoms with Crippen molar-refractivity contribution in [3.63, 3.8) is 0 Å². The highest BCUT2D eigenvalue weighted by Gasteiger charge is 2.16. The third-order valence-electron chi connectivity index (χ3n) is 3.98. The van der Waals surface area contributed by atoms with E-state index in [1.54, 1.807) is 6.07 Å². The Kier molecular flexibility index (Phi) is 3.77. The van der Waals surface area contributed by atoms with E-state index in [0.717, 1.165) is 16.6 Å². The molecule has 0 bridgehead atoms. The first kappa shape index (κ1) is 15.8. The van der Waals surface area contributed by atoms with Gasteiger partial charge in [0.15, 0.2) is 12.2 Å². The van der Waals surface area contributed by atoms with Gasteiger partial charge in [0.1, 0.15) is 17.0 Å². The van der Waals surface area contributed by atoms with Crippen LogP contribution in [0.15, 0.2) is 47.2 Å². The summed E-state index contributed by atoms with van der Waals surface area (Å²) < 4.78 is 20.9. The molecule has 126 valence electrons. The lowest BCUT2D eigenvalue weighted by molar-refractivity contribution is 0.530. The molecule has 0 aliphatic carbocycles. The molecule has 0 saturated carbocycles. The fourth-order valence-electron chi connectivity index (χ4n) is 2.76. The zero-order valence-electron chi connectivity index (χ0n) is 13.6. The minimum Gasteiger partial charge on any atom is -0.443 e. The van der Waals surface area contributed by atoms with E-state index in [-0.39, 0.29) is 11.1 Å². The van der Waals surface area contributed by atoms with Crippen molar-refractivity contribution in [3.05, 3.63) is 53.6 Å². The van der Waals surface area contributed by atoms with Crippen molar-refractivity contribution in [1.82, 2.24) is 20.0 Å². The molecule has 2 heterocycles. The zero-order valence-corrected chi connectivity index (χ0v) is 14.3. The average molecular weight is 357 g/mol. The largest absolute Gasteiger partial charge is 0.443 e. The number of fused-ring (bicyclic) bond motifs is 1. The molecule has 0 N–H and O–H groups in total. The van der Waals surface area contributed by atoms with E-state index < -0.39 is 5.82 Å². The van der Waals surface area contributed by atoms with Crippen LogP contribution in [0, 0.1) is 5.82 Å². The fraction of sp³-hybridized carbons (Fsp3) is 0.167. The molecule has 4 aromatic rings. The van der Waals surface area contributed by atoms with Crippen LogP contribution in [0.4, 0.5) is 4.39 Å². The van der Waals surface area contributed by atoms with Crippen LogP contribution in [0.5, 0.6) is 0 Å². The first-order valence-electron chi connectivity index (χ1n) is 7.79. The van der Waals surface area contributed by atoms with Crippen LogP contribution >= 0.6 is 11.6 Å². The maximum Gasteiger partial charge on any atom is 0.182 e. The Bertz CT molecular complexity index is 1070. The SMILES string of the molecule is CC(C)n1nnc2ccc(-c3ocnc3-c3ccc(F)c(Cl)c3)cc21. The molecule has 2 aromatic heterocycles. The highest BCUT2D eigenvalue weighted by Crippen LogP contribution is 2.34. The number of benzene rings is 2. The summed E-state index contributed by atoms with van der Waals surface area (Å²) in [6.07, 6.45) is 1.37. The van der Waals surface area contributed by atoms with Gasteiger partial charge in [0.25, 0.3) is 0 Å². The van der Waals surface area contributed by atoms with Gasteiger partial charge in [-0.1, -0.05) is 16.8 Å². The van der Waals surface area contributed by atoms with Gasteiger partial charge in [-0.15, -0.1) is 5.10 Å². The van der Waals surface area contributed by atoms with E-state index in [9.17, 15) is 4.39 Å². The molecule has 0 amide bonds. The number of nitrogens with zero attached hydrogens (tertiary/aromatic N) is 4. The summed E-state index contributed by atoms with van der Waals surface area (Å²) in [5.74, 6) is 0.116. The third-order valence-corrected chi connectivity index (χ3v) is 4.27. The minimum atomic E-state index is -0.469. The fourth-order valence-corrected chi connectivity index (χ4v) is 2.94. The van der Waals surface area contributed by atoms with Crippen LogP contribution in [-0.2, 0) is 0 Å². The second-order valence-corrected chi connectivity index (χ2v) is 6.40. The van der Waals surface area contributed by atoms with Gasteiger partial charge >= 0.3 is 0 Å². The van der Waals surface area contributed by atoms with Crippen molar-refractivity contribution in [1.29, 1.82) is 0 Å². The summed E-state index contributed by atoms with van der Waals surface area (Å²) >= 11 is 5.89. The summed E-state index contributed by atoms with van der Waals surface area (Å²) in [4.78, 5) is 4.27. The van der Waals surface area contributed by atoms with E-state index in [0.29, 0.717) is 17.0 Å². The summed E-state index contributed by atoms with van der Waals surface area (Å²) in [5.41, 5.74) is 3.84. The third kappa shape index (κ3) is 2.68. The van der Waals surface area contributed by atoms with Gasteiger partial charge in [0.05, 0.1) is 10.5 Å². The maximum atomic E-state index is 13.4. The molecule has 0 saturated heterocycles. The van der Waals surface area contributed by atoms with Crippen LogP contribution in [0.25, 0.3) is 33.6 Å². The molecule has 0 aliphatic rings. The average Bonchev–Trinajstić information content (AvgIpc) is 3.23. The van der Waals surface area contributed by atoms with E-state index in [1.807, 2.05) is 36.7 Å². The Balaban J connectivity index is 1.86. The molecule has 0 spiro atoms. The minimum absolute atomic E-state index is 0.0454. The summed E-state index contributed by atoms with van der Waals surface area (Å²) in [7, 11) is 0. The molecule has 0 fully saturated rings. The topological polar surface area (TPSA) is 56.7 Å². The van der Waals surface area contributed by atoms with Crippen molar-refractivity contribution in [2.45, 2.75) is 19.9 Å². The van der Waals surface area contributed by atoms with Gasteiger partial charge in [0.2, 0.25) is 0 Å². The Morgan fingerprint density at radius 3 is 2.68 bits per heavy atom. The monoisotopic (exact) mass is 356 g/mol. The predicted octanol–water partition coefficient (Wildman–Crippen LogP) is 5.13. The van der Waals surface area contributed by atoms with Crippen molar-refractivity contribution in [3.8, 4) is 22.6 Å². The standard InChI is InChI=1S/C18H14ClFN4O/c1-10(2)24-16-8-12(4-6-15(16)22-23-24)18-17(21-9-25-18)11-3-5-14(20)13(19)7-11/h3-10H,1-2H3. The molecule has 0 unspecified atom stereocenters. The van der Waals surface area contributed by atoms with Gasteiger partial charge in [-0.2, -0.15) is 0 Å². The van der Waals surface area contributed by atoms with Gasteiger partial charge in [-0.05, 0) is 50.2 Å². The van der Waals surface area contributed by atoms with E-state index in [4.69, 9.17) is 16.0 Å². The van der Waals surface area contributed by atoms with Crippen LogP contribution in [0.1, 0.15) is 19.9 Å². The quantitative estimate of drug-likeness (QED) is 0.510. The number of halogens is 2. The first-order valence-corrected chi connectivity index (χ1v) is 8.16. The summed E-state index contributed by atoms with van der Waals surface area (Å²) in [6.45, 7) is 4.09. The smallest absolute Gasteiger partial charge is 0.182 e.